The van der Waals surface area contributed by atoms with Crippen molar-refractivity contribution in [1.29, 1.82) is 0 Å². The number of nitrogens with one attached hydrogen (secondary N) is 1. The highest BCUT2D eigenvalue weighted by molar-refractivity contribution is 14.0. The summed E-state index contributed by atoms with van der Waals surface area (Å²) >= 11 is 0. The molecule has 28 heavy (non-hydrogen) atoms. The van der Waals surface area contributed by atoms with Gasteiger partial charge in [0.15, 0.2) is 5.96 Å². The zero-order valence-electron chi connectivity index (χ0n) is 17.5. The van der Waals surface area contributed by atoms with Crippen molar-refractivity contribution in [3.8, 4) is 0 Å². The molecule has 3 heterocycles. The number of nitrogens with zero attached hydrogens (tertiary/aromatic N) is 4. The second-order valence-corrected chi connectivity index (χ2v) is 8.18. The third-order valence-electron chi connectivity index (χ3n) is 5.99. The van der Waals surface area contributed by atoms with Crippen LogP contribution >= 0.6 is 24.0 Å². The molecule has 0 aromatic heterocycles. The van der Waals surface area contributed by atoms with Crippen LogP contribution in [0.4, 0.5) is 0 Å². The fourth-order valence-electron chi connectivity index (χ4n) is 4.37. The molecule has 1 unspecified atom stereocenters. The Kier molecular flexibility index (Phi) is 11.4. The van der Waals surface area contributed by atoms with Gasteiger partial charge in [-0.2, -0.15) is 0 Å². The summed E-state index contributed by atoms with van der Waals surface area (Å²) in [5.41, 5.74) is 0. The van der Waals surface area contributed by atoms with Gasteiger partial charge in [-0.15, -0.1) is 24.0 Å². The Labute approximate surface area is 187 Å². The topological polar surface area (TPSA) is 63.6 Å². The number of halogens is 1. The van der Waals surface area contributed by atoms with Gasteiger partial charge in [0.1, 0.15) is 0 Å². The van der Waals surface area contributed by atoms with Crippen LogP contribution in [0.5, 0.6) is 0 Å². The molecule has 8 heteroatoms. The third-order valence-corrected chi connectivity index (χ3v) is 5.99. The predicted octanol–water partition coefficient (Wildman–Crippen LogP) is 1.07. The van der Waals surface area contributed by atoms with Crippen LogP contribution < -0.4 is 5.32 Å². The minimum atomic E-state index is -0.0831. The molecule has 0 saturated carbocycles. The summed E-state index contributed by atoms with van der Waals surface area (Å²) in [6.07, 6.45) is 4.11. The van der Waals surface area contributed by atoms with Gasteiger partial charge in [-0.05, 0) is 45.1 Å². The van der Waals surface area contributed by atoms with E-state index in [1.807, 2.05) is 0 Å². The molecule has 0 aliphatic carbocycles. The molecule has 3 saturated heterocycles. The second kappa shape index (κ2) is 13.2. The summed E-state index contributed by atoms with van der Waals surface area (Å²) in [4.78, 5) is 12.4. The molecular weight excluding hydrogens is 469 g/mol. The van der Waals surface area contributed by atoms with Crippen LogP contribution in [0.15, 0.2) is 4.99 Å². The van der Waals surface area contributed by atoms with Gasteiger partial charge in [0.05, 0.1) is 19.3 Å². The zero-order chi connectivity index (χ0) is 18.9. The lowest BCUT2D eigenvalue weighted by Gasteiger charge is -2.29. The first-order chi connectivity index (χ1) is 13.2. The van der Waals surface area contributed by atoms with Crippen molar-refractivity contribution >= 4 is 29.9 Å². The van der Waals surface area contributed by atoms with Gasteiger partial charge in [-0.25, -0.2) is 0 Å². The minimum absolute atomic E-state index is 0. The fourth-order valence-corrected chi connectivity index (χ4v) is 4.37. The highest BCUT2D eigenvalue weighted by Gasteiger charge is 2.27. The molecule has 2 N–H and O–H groups in total. The van der Waals surface area contributed by atoms with Crippen molar-refractivity contribution in [2.24, 2.45) is 10.9 Å². The first kappa shape index (κ1) is 24.1. The van der Waals surface area contributed by atoms with Gasteiger partial charge in [-0.1, -0.05) is 0 Å². The quantitative estimate of drug-likeness (QED) is 0.232. The standard InChI is InChI=1S/C20H39N5O2.HI/c1-2-21-20(22-7-3-8-23-9-5-19(26)6-10-23)25-11-4-18(17-25)16-24-12-14-27-15-13-24;/h18-19,26H,2-17H2,1H3,(H,21,22);1H. The number of guanidine groups is 1. The van der Waals surface area contributed by atoms with Gasteiger partial charge in [-0.3, -0.25) is 9.89 Å². The molecule has 7 nitrogen and oxygen atoms in total. The number of aliphatic imine (C=N–C) groups is 1. The van der Waals surface area contributed by atoms with Crippen molar-refractivity contribution in [3.05, 3.63) is 0 Å². The molecular formula is C20H40IN5O2. The molecule has 1 atom stereocenters. The lowest BCUT2D eigenvalue weighted by molar-refractivity contribution is 0.0315. The molecule has 0 spiro atoms. The largest absolute Gasteiger partial charge is 0.393 e. The van der Waals surface area contributed by atoms with Crippen LogP contribution in [0, 0.1) is 5.92 Å². The summed E-state index contributed by atoms with van der Waals surface area (Å²) in [7, 11) is 0. The average Bonchev–Trinajstić information content (AvgIpc) is 3.15. The molecule has 3 rings (SSSR count). The lowest BCUT2D eigenvalue weighted by atomic mass is 10.1. The molecule has 0 aromatic rings. The fraction of sp³-hybridized carbons (Fsp3) is 0.950. The van der Waals surface area contributed by atoms with E-state index in [1.54, 1.807) is 0 Å². The van der Waals surface area contributed by atoms with Gasteiger partial charge in [0, 0.05) is 58.9 Å². The molecule has 164 valence electrons. The number of aliphatic hydroxyl groups is 1. The Morgan fingerprint density at radius 2 is 1.82 bits per heavy atom. The number of rotatable bonds is 7. The van der Waals surface area contributed by atoms with Gasteiger partial charge >= 0.3 is 0 Å². The van der Waals surface area contributed by atoms with Gasteiger partial charge < -0.3 is 25.0 Å². The van der Waals surface area contributed by atoms with Crippen LogP contribution in [0.3, 0.4) is 0 Å². The predicted molar refractivity (Wildman–Crippen MR) is 125 cm³/mol. The van der Waals surface area contributed by atoms with E-state index in [4.69, 9.17) is 9.73 Å². The van der Waals surface area contributed by atoms with E-state index in [0.717, 1.165) is 103 Å². The van der Waals surface area contributed by atoms with Crippen molar-refractivity contribution in [2.45, 2.75) is 38.7 Å². The maximum Gasteiger partial charge on any atom is 0.193 e. The summed E-state index contributed by atoms with van der Waals surface area (Å²) in [5.74, 6) is 1.84. The van der Waals surface area contributed by atoms with Crippen LogP contribution in [0.25, 0.3) is 0 Å². The Morgan fingerprint density at radius 1 is 1.07 bits per heavy atom. The highest BCUT2D eigenvalue weighted by atomic mass is 127. The van der Waals surface area contributed by atoms with Crippen molar-refractivity contribution in [2.75, 3.05) is 78.7 Å². The number of piperidine rings is 1. The maximum atomic E-state index is 9.61. The Bertz CT molecular complexity index is 454. The molecule has 0 radical (unpaired) electrons. The SMILES string of the molecule is CCNC(=NCCCN1CCC(O)CC1)N1CCC(CN2CCOCC2)C1.I. The summed E-state index contributed by atoms with van der Waals surface area (Å²) in [5, 5.41) is 13.1. The summed E-state index contributed by atoms with van der Waals surface area (Å²) in [6, 6.07) is 0. The van der Waals surface area contributed by atoms with E-state index in [0.29, 0.717) is 0 Å². The number of aliphatic hydroxyl groups excluding tert-OH is 1. The van der Waals surface area contributed by atoms with Crippen LogP contribution in [0.1, 0.15) is 32.6 Å². The van der Waals surface area contributed by atoms with Crippen LogP contribution in [-0.4, -0.2) is 111 Å². The normalized spacial score (nSPS) is 25.7. The number of hydrogen-bond acceptors (Lipinski definition) is 5. The van der Waals surface area contributed by atoms with Crippen molar-refractivity contribution in [1.82, 2.24) is 20.0 Å². The van der Waals surface area contributed by atoms with Crippen molar-refractivity contribution in [3.63, 3.8) is 0 Å². The summed E-state index contributed by atoms with van der Waals surface area (Å²) in [6.45, 7) is 14.5. The van der Waals surface area contributed by atoms with E-state index in [2.05, 4.69) is 26.9 Å². The number of hydrogen-bond donors (Lipinski definition) is 2. The molecule has 0 bridgehead atoms. The van der Waals surface area contributed by atoms with Crippen LogP contribution in [-0.2, 0) is 4.74 Å². The molecule has 0 aromatic carbocycles. The first-order valence-corrected chi connectivity index (χ1v) is 11.0. The third kappa shape index (κ3) is 7.93. The van der Waals surface area contributed by atoms with Crippen molar-refractivity contribution < 1.29 is 9.84 Å². The second-order valence-electron chi connectivity index (χ2n) is 8.18. The Morgan fingerprint density at radius 3 is 2.54 bits per heavy atom. The maximum absolute atomic E-state index is 9.61. The lowest BCUT2D eigenvalue weighted by Crippen LogP contribution is -2.42. The number of likely N-dealkylation sites (tertiary alicyclic amines) is 2. The molecule has 3 aliphatic rings. The van der Waals surface area contributed by atoms with Crippen LogP contribution in [0.2, 0.25) is 0 Å². The number of ether oxygens (including phenoxy) is 1. The Hall–Kier alpha value is -0.160. The molecule has 0 amide bonds. The van der Waals surface area contributed by atoms with E-state index in [1.165, 1.54) is 13.0 Å². The molecule has 3 fully saturated rings. The van der Waals surface area contributed by atoms with E-state index >= 15 is 0 Å². The molecule has 3 aliphatic heterocycles. The highest BCUT2D eigenvalue weighted by Crippen LogP contribution is 2.18. The van der Waals surface area contributed by atoms with E-state index < -0.39 is 0 Å². The first-order valence-electron chi connectivity index (χ1n) is 11.0. The van der Waals surface area contributed by atoms with E-state index in [-0.39, 0.29) is 30.1 Å². The van der Waals surface area contributed by atoms with Gasteiger partial charge in [0.25, 0.3) is 0 Å². The summed E-state index contributed by atoms with van der Waals surface area (Å²) < 4.78 is 5.46. The van der Waals surface area contributed by atoms with Gasteiger partial charge in [0.2, 0.25) is 0 Å². The van der Waals surface area contributed by atoms with E-state index in [9.17, 15) is 5.11 Å². The average molecular weight is 509 g/mol. The number of morpholine rings is 1. The smallest absolute Gasteiger partial charge is 0.193 e. The monoisotopic (exact) mass is 509 g/mol. The minimum Gasteiger partial charge on any atom is -0.393 e. The zero-order valence-corrected chi connectivity index (χ0v) is 19.9. The Balaban J connectivity index is 0.00000280.